The van der Waals surface area contributed by atoms with Gasteiger partial charge in [0.15, 0.2) is 0 Å². The first-order valence-corrected chi connectivity index (χ1v) is 6.23. The van der Waals surface area contributed by atoms with E-state index >= 15 is 0 Å². The highest BCUT2D eigenvalue weighted by molar-refractivity contribution is 5.30. The summed E-state index contributed by atoms with van der Waals surface area (Å²) in [5.74, 6) is 0.560. The molecular formula is C13H18N4O3. The highest BCUT2D eigenvalue weighted by Gasteiger charge is 2.21. The molecular weight excluding hydrogens is 260 g/mol. The Morgan fingerprint density at radius 1 is 1.20 bits per heavy atom. The molecule has 2 aromatic rings. The Hall–Kier alpha value is -2.15. The lowest BCUT2D eigenvalue weighted by Gasteiger charge is -2.12. The van der Waals surface area contributed by atoms with Gasteiger partial charge in [-0.15, -0.1) is 0 Å². The monoisotopic (exact) mass is 278 g/mol. The number of aliphatic hydroxyl groups excluding tert-OH is 1. The predicted octanol–water partition coefficient (Wildman–Crippen LogP) is 1.35. The molecule has 2 heterocycles. The summed E-state index contributed by atoms with van der Waals surface area (Å²) in [6.45, 7) is 4.02. The van der Waals surface area contributed by atoms with Crippen molar-refractivity contribution >= 4 is 0 Å². The maximum Gasteiger partial charge on any atom is 0.241 e. The van der Waals surface area contributed by atoms with E-state index in [1.54, 1.807) is 17.1 Å². The second-order valence-corrected chi connectivity index (χ2v) is 4.56. The Morgan fingerprint density at radius 3 is 2.50 bits per heavy atom. The Morgan fingerprint density at radius 2 is 1.95 bits per heavy atom. The summed E-state index contributed by atoms with van der Waals surface area (Å²) in [5.41, 5.74) is 0.966. The molecule has 0 aliphatic heterocycles. The molecule has 108 valence electrons. The lowest BCUT2D eigenvalue weighted by Crippen LogP contribution is -2.07. The van der Waals surface area contributed by atoms with Gasteiger partial charge >= 0.3 is 0 Å². The van der Waals surface area contributed by atoms with E-state index in [1.807, 2.05) is 13.8 Å². The maximum absolute atomic E-state index is 10.4. The van der Waals surface area contributed by atoms with Crippen molar-refractivity contribution < 1.29 is 14.6 Å². The number of hydrogen-bond acceptors (Lipinski definition) is 6. The summed E-state index contributed by atoms with van der Waals surface area (Å²) >= 11 is 0. The molecule has 2 aromatic heterocycles. The summed E-state index contributed by atoms with van der Waals surface area (Å²) in [7, 11) is 2.96. The molecule has 0 saturated heterocycles. The van der Waals surface area contributed by atoms with Gasteiger partial charge in [0.2, 0.25) is 11.8 Å². The minimum atomic E-state index is -0.948. The molecule has 0 fully saturated rings. The fourth-order valence-corrected chi connectivity index (χ4v) is 1.74. The van der Waals surface area contributed by atoms with Crippen molar-refractivity contribution in [1.29, 1.82) is 0 Å². The van der Waals surface area contributed by atoms with E-state index in [-0.39, 0.29) is 11.9 Å². The fourth-order valence-electron chi connectivity index (χ4n) is 1.74. The van der Waals surface area contributed by atoms with Crippen molar-refractivity contribution in [2.75, 3.05) is 14.2 Å². The first-order chi connectivity index (χ1) is 9.56. The molecule has 0 aliphatic rings. The molecule has 2 rings (SSSR count). The Labute approximate surface area is 117 Å². The van der Waals surface area contributed by atoms with Gasteiger partial charge in [-0.1, -0.05) is 0 Å². The minimum absolute atomic E-state index is 0.222. The molecule has 0 aliphatic carbocycles. The van der Waals surface area contributed by atoms with Crippen LogP contribution < -0.4 is 9.47 Å². The van der Waals surface area contributed by atoms with Crippen molar-refractivity contribution in [3.63, 3.8) is 0 Å². The first-order valence-electron chi connectivity index (χ1n) is 6.23. The number of aromatic nitrogens is 4. The number of hydrogen-bond donors (Lipinski definition) is 1. The van der Waals surface area contributed by atoms with Crippen molar-refractivity contribution in [3.8, 4) is 11.8 Å². The first kappa shape index (κ1) is 14.3. The topological polar surface area (TPSA) is 82.3 Å². The quantitative estimate of drug-likeness (QED) is 0.889. The molecule has 7 heteroatoms. The summed E-state index contributed by atoms with van der Waals surface area (Å²) in [6, 6.07) is 0.222. The third-order valence-corrected chi connectivity index (χ3v) is 2.87. The summed E-state index contributed by atoms with van der Waals surface area (Å²) in [6.07, 6.45) is 3.88. The standard InChI is InChI=1S/C13H18N4O3/c1-8(2)17-7-9(5-15-17)12(18)11-13(20-4)16-10(19-3)6-14-11/h5-8,12,18H,1-4H3. The van der Waals surface area contributed by atoms with Gasteiger partial charge in [-0.05, 0) is 13.8 Å². The van der Waals surface area contributed by atoms with Gasteiger partial charge in [-0.25, -0.2) is 4.98 Å². The van der Waals surface area contributed by atoms with Gasteiger partial charge < -0.3 is 14.6 Å². The lowest BCUT2D eigenvalue weighted by molar-refractivity contribution is 0.206. The molecule has 7 nitrogen and oxygen atoms in total. The zero-order chi connectivity index (χ0) is 14.7. The van der Waals surface area contributed by atoms with Gasteiger partial charge in [-0.2, -0.15) is 10.1 Å². The second kappa shape index (κ2) is 5.87. The Kier molecular flexibility index (Phi) is 4.19. The summed E-state index contributed by atoms with van der Waals surface area (Å²) in [4.78, 5) is 8.26. The van der Waals surface area contributed by atoms with Crippen molar-refractivity contribution in [3.05, 3.63) is 29.8 Å². The average molecular weight is 278 g/mol. The van der Waals surface area contributed by atoms with Gasteiger partial charge in [-0.3, -0.25) is 4.68 Å². The van der Waals surface area contributed by atoms with Crippen molar-refractivity contribution in [1.82, 2.24) is 19.7 Å². The van der Waals surface area contributed by atoms with Crippen LogP contribution in [0.25, 0.3) is 0 Å². The molecule has 1 atom stereocenters. The van der Waals surface area contributed by atoms with E-state index in [1.165, 1.54) is 20.4 Å². The third-order valence-electron chi connectivity index (χ3n) is 2.87. The molecule has 0 aromatic carbocycles. The van der Waals surface area contributed by atoms with Crippen LogP contribution in [0.15, 0.2) is 18.6 Å². The highest BCUT2D eigenvalue weighted by Crippen LogP contribution is 2.28. The molecule has 0 bridgehead atoms. The minimum Gasteiger partial charge on any atom is -0.480 e. The smallest absolute Gasteiger partial charge is 0.241 e. The molecule has 20 heavy (non-hydrogen) atoms. The number of ether oxygens (including phenoxy) is 2. The van der Waals surface area contributed by atoms with Crippen molar-refractivity contribution in [2.24, 2.45) is 0 Å². The molecule has 1 unspecified atom stereocenters. The summed E-state index contributed by atoms with van der Waals surface area (Å²) < 4.78 is 11.9. The van der Waals surface area contributed by atoms with Gasteiger partial charge in [0.25, 0.3) is 0 Å². The zero-order valence-electron chi connectivity index (χ0n) is 11.9. The molecule has 0 saturated carbocycles. The van der Waals surface area contributed by atoms with Crippen LogP contribution >= 0.6 is 0 Å². The van der Waals surface area contributed by atoms with Crippen LogP contribution in [0.3, 0.4) is 0 Å². The Balaban J connectivity index is 2.34. The van der Waals surface area contributed by atoms with Gasteiger partial charge in [0.05, 0.1) is 26.6 Å². The van der Waals surface area contributed by atoms with Crippen LogP contribution in [0.5, 0.6) is 11.8 Å². The number of nitrogens with zero attached hydrogens (tertiary/aromatic N) is 4. The van der Waals surface area contributed by atoms with E-state index in [9.17, 15) is 5.11 Å². The van der Waals surface area contributed by atoms with E-state index in [0.717, 1.165) is 0 Å². The van der Waals surface area contributed by atoms with E-state index < -0.39 is 6.10 Å². The third kappa shape index (κ3) is 2.72. The van der Waals surface area contributed by atoms with Crippen molar-refractivity contribution in [2.45, 2.75) is 26.0 Å². The fraction of sp³-hybridized carbons (Fsp3) is 0.462. The predicted molar refractivity (Wildman–Crippen MR) is 71.8 cm³/mol. The highest BCUT2D eigenvalue weighted by atomic mass is 16.5. The lowest BCUT2D eigenvalue weighted by atomic mass is 10.1. The van der Waals surface area contributed by atoms with E-state index in [4.69, 9.17) is 9.47 Å². The Bertz CT molecular complexity index is 583. The van der Waals surface area contributed by atoms with Gasteiger partial charge in [0, 0.05) is 17.8 Å². The zero-order valence-corrected chi connectivity index (χ0v) is 11.9. The second-order valence-electron chi connectivity index (χ2n) is 4.56. The maximum atomic E-state index is 10.4. The normalized spacial score (nSPS) is 12.5. The van der Waals surface area contributed by atoms with Gasteiger partial charge in [0.1, 0.15) is 11.8 Å². The molecule has 0 amide bonds. The van der Waals surface area contributed by atoms with Crippen LogP contribution in [0.2, 0.25) is 0 Å². The average Bonchev–Trinajstić information content (AvgIpc) is 2.95. The number of aliphatic hydroxyl groups is 1. The van der Waals surface area contributed by atoms with Crippen LogP contribution in [0.1, 0.15) is 37.3 Å². The SMILES string of the molecule is COc1cnc(C(O)c2cnn(C(C)C)c2)c(OC)n1. The van der Waals surface area contributed by atoms with E-state index in [0.29, 0.717) is 17.1 Å². The summed E-state index contributed by atoms with van der Waals surface area (Å²) in [5, 5.41) is 14.6. The van der Waals surface area contributed by atoms with Crippen LogP contribution in [0.4, 0.5) is 0 Å². The molecule has 0 spiro atoms. The number of rotatable bonds is 5. The number of methoxy groups -OCH3 is 2. The largest absolute Gasteiger partial charge is 0.480 e. The molecule has 1 N–H and O–H groups in total. The van der Waals surface area contributed by atoms with Crippen LogP contribution in [0, 0.1) is 0 Å². The van der Waals surface area contributed by atoms with E-state index in [2.05, 4.69) is 15.1 Å². The van der Waals surface area contributed by atoms with Crippen LogP contribution in [-0.2, 0) is 0 Å². The molecule has 0 radical (unpaired) electrons. The van der Waals surface area contributed by atoms with Crippen LogP contribution in [-0.4, -0.2) is 39.1 Å².